The van der Waals surface area contributed by atoms with Gasteiger partial charge in [0.1, 0.15) is 6.10 Å². The Labute approximate surface area is 128 Å². The van der Waals surface area contributed by atoms with Crippen LogP contribution in [0.25, 0.3) is 0 Å². The molecule has 0 amide bonds. The molecule has 116 valence electrons. The molecule has 0 bridgehead atoms. The molecule has 1 fully saturated rings. The molecule has 0 unspecified atom stereocenters. The van der Waals surface area contributed by atoms with Crippen molar-refractivity contribution in [3.8, 4) is 0 Å². The van der Waals surface area contributed by atoms with Gasteiger partial charge in [-0.15, -0.1) is 0 Å². The zero-order valence-corrected chi connectivity index (χ0v) is 13.0. The van der Waals surface area contributed by atoms with E-state index in [-0.39, 0.29) is 23.4 Å². The quantitative estimate of drug-likeness (QED) is 0.611. The van der Waals surface area contributed by atoms with Gasteiger partial charge in [0.2, 0.25) is 0 Å². The second kappa shape index (κ2) is 7.24. The lowest BCUT2D eigenvalue weighted by Gasteiger charge is -2.22. The average molecular weight is 333 g/mol. The molecule has 1 saturated heterocycles. The van der Waals surface area contributed by atoms with Gasteiger partial charge in [0, 0.05) is 29.9 Å². The number of aryl methyl sites for hydroxylation is 1. The lowest BCUT2D eigenvalue weighted by molar-refractivity contribution is -0.153. The molecule has 21 heavy (non-hydrogen) atoms. The minimum Gasteiger partial charge on any atom is -0.462 e. The Bertz CT molecular complexity index is 576. The molecule has 0 aromatic heterocycles. The molecule has 1 aliphatic rings. The third kappa shape index (κ3) is 5.30. The maximum absolute atomic E-state index is 11.7. The minimum atomic E-state index is -3.70. The van der Waals surface area contributed by atoms with Gasteiger partial charge in [-0.1, -0.05) is 12.1 Å². The highest BCUT2D eigenvalue weighted by atomic mass is 35.7. The topological polar surface area (TPSA) is 69.7 Å². The molecule has 2 rings (SSSR count). The van der Waals surface area contributed by atoms with Gasteiger partial charge in [-0.25, -0.2) is 8.42 Å². The van der Waals surface area contributed by atoms with Gasteiger partial charge >= 0.3 is 5.97 Å². The van der Waals surface area contributed by atoms with Crippen LogP contribution in [-0.4, -0.2) is 33.7 Å². The van der Waals surface area contributed by atoms with Crippen molar-refractivity contribution < 1.29 is 22.7 Å². The van der Waals surface area contributed by atoms with Crippen LogP contribution in [0.5, 0.6) is 0 Å². The zero-order valence-electron chi connectivity index (χ0n) is 11.5. The number of hydrogen-bond acceptors (Lipinski definition) is 5. The molecule has 0 atom stereocenters. The van der Waals surface area contributed by atoms with Crippen LogP contribution in [0.15, 0.2) is 29.2 Å². The van der Waals surface area contributed by atoms with E-state index in [4.69, 9.17) is 20.2 Å². The first-order valence-electron chi connectivity index (χ1n) is 6.76. The third-order valence-electron chi connectivity index (χ3n) is 3.29. The molecule has 1 aliphatic heterocycles. The maximum atomic E-state index is 11.7. The molecule has 1 aromatic carbocycles. The molecule has 0 N–H and O–H groups in total. The average Bonchev–Trinajstić information content (AvgIpc) is 2.46. The first kappa shape index (κ1) is 16.3. The summed E-state index contributed by atoms with van der Waals surface area (Å²) in [5, 5.41) is 0. The van der Waals surface area contributed by atoms with E-state index in [9.17, 15) is 13.2 Å². The summed E-state index contributed by atoms with van der Waals surface area (Å²) in [5.41, 5.74) is 0.864. The molecule has 0 saturated carbocycles. The number of halogens is 1. The second-order valence-electron chi connectivity index (χ2n) is 4.88. The number of carbonyl (C=O) groups is 1. The number of hydrogen-bond donors (Lipinski definition) is 0. The molecule has 7 heteroatoms. The van der Waals surface area contributed by atoms with Crippen molar-refractivity contribution in [1.82, 2.24) is 0 Å². The van der Waals surface area contributed by atoms with Gasteiger partial charge in [0.25, 0.3) is 9.05 Å². The third-order valence-corrected chi connectivity index (χ3v) is 4.66. The van der Waals surface area contributed by atoms with Crippen molar-refractivity contribution >= 4 is 25.7 Å². The highest BCUT2D eigenvalue weighted by Crippen LogP contribution is 2.17. The van der Waals surface area contributed by atoms with Crippen LogP contribution in [0.3, 0.4) is 0 Å². The van der Waals surface area contributed by atoms with Crippen molar-refractivity contribution in [3.05, 3.63) is 29.8 Å². The molecule has 0 radical (unpaired) electrons. The minimum absolute atomic E-state index is 0.0463. The summed E-state index contributed by atoms with van der Waals surface area (Å²) in [4.78, 5) is 11.8. The van der Waals surface area contributed by atoms with Crippen molar-refractivity contribution in [2.75, 3.05) is 13.2 Å². The van der Waals surface area contributed by atoms with Gasteiger partial charge in [0.15, 0.2) is 0 Å². The van der Waals surface area contributed by atoms with Gasteiger partial charge in [-0.3, -0.25) is 4.79 Å². The molecular weight excluding hydrogens is 316 g/mol. The second-order valence-corrected chi connectivity index (χ2v) is 7.45. The fourth-order valence-corrected chi connectivity index (χ4v) is 2.87. The van der Waals surface area contributed by atoms with Crippen LogP contribution in [-0.2, 0) is 29.7 Å². The Morgan fingerprint density at radius 2 is 1.86 bits per heavy atom. The van der Waals surface area contributed by atoms with Crippen LogP contribution in [0.1, 0.15) is 24.8 Å². The Balaban J connectivity index is 1.81. The van der Waals surface area contributed by atoms with Crippen LogP contribution in [0.4, 0.5) is 0 Å². The Hall–Kier alpha value is -1.11. The van der Waals surface area contributed by atoms with E-state index >= 15 is 0 Å². The van der Waals surface area contributed by atoms with E-state index < -0.39 is 9.05 Å². The lowest BCUT2D eigenvalue weighted by atomic mass is 10.1. The predicted octanol–water partition coefficient (Wildman–Crippen LogP) is 2.27. The Morgan fingerprint density at radius 3 is 2.43 bits per heavy atom. The van der Waals surface area contributed by atoms with Crippen LogP contribution in [0, 0.1) is 0 Å². The van der Waals surface area contributed by atoms with Crippen LogP contribution < -0.4 is 0 Å². The number of carbonyl (C=O) groups excluding carboxylic acids is 1. The lowest BCUT2D eigenvalue weighted by Crippen LogP contribution is -2.26. The summed E-state index contributed by atoms with van der Waals surface area (Å²) in [6, 6.07) is 6.16. The first-order chi connectivity index (χ1) is 9.95. The van der Waals surface area contributed by atoms with E-state index in [1.165, 1.54) is 12.1 Å². The van der Waals surface area contributed by atoms with Crippen molar-refractivity contribution in [2.24, 2.45) is 0 Å². The smallest absolute Gasteiger partial charge is 0.306 e. The van der Waals surface area contributed by atoms with E-state index in [0.717, 1.165) is 18.4 Å². The summed E-state index contributed by atoms with van der Waals surface area (Å²) >= 11 is 0. The number of rotatable bonds is 5. The monoisotopic (exact) mass is 332 g/mol. The number of esters is 1. The first-order valence-corrected chi connectivity index (χ1v) is 9.07. The van der Waals surface area contributed by atoms with E-state index in [1.807, 2.05) is 0 Å². The molecule has 0 aliphatic carbocycles. The fourth-order valence-electron chi connectivity index (χ4n) is 2.10. The molecule has 5 nitrogen and oxygen atoms in total. The normalized spacial score (nSPS) is 16.6. The highest BCUT2D eigenvalue weighted by molar-refractivity contribution is 8.13. The molecule has 1 aromatic rings. The van der Waals surface area contributed by atoms with Crippen LogP contribution >= 0.6 is 10.7 Å². The standard InChI is InChI=1S/C14H17ClO5S/c15-21(17,18)13-4-1-11(2-5-13)3-6-14(16)20-12-7-9-19-10-8-12/h1-2,4-5,12H,3,6-10H2. The fraction of sp³-hybridized carbons (Fsp3) is 0.500. The number of ether oxygens (including phenoxy) is 2. The van der Waals surface area contributed by atoms with Gasteiger partial charge in [-0.05, 0) is 24.1 Å². The van der Waals surface area contributed by atoms with E-state index in [2.05, 4.69) is 0 Å². The summed E-state index contributed by atoms with van der Waals surface area (Å²) in [6.45, 7) is 1.26. The summed E-state index contributed by atoms with van der Waals surface area (Å²) in [6.07, 6.45) is 2.21. The summed E-state index contributed by atoms with van der Waals surface area (Å²) in [7, 11) is 1.53. The Kier molecular flexibility index (Phi) is 5.61. The SMILES string of the molecule is O=C(CCc1ccc(S(=O)(=O)Cl)cc1)OC1CCOCC1. The zero-order chi connectivity index (χ0) is 15.3. The highest BCUT2D eigenvalue weighted by Gasteiger charge is 2.18. The van der Waals surface area contributed by atoms with E-state index in [0.29, 0.717) is 19.6 Å². The molecule has 1 heterocycles. The molecular formula is C14H17ClO5S. The number of benzene rings is 1. The predicted molar refractivity (Wildman–Crippen MR) is 77.7 cm³/mol. The van der Waals surface area contributed by atoms with Crippen molar-refractivity contribution in [3.63, 3.8) is 0 Å². The van der Waals surface area contributed by atoms with Gasteiger partial charge in [-0.2, -0.15) is 0 Å². The largest absolute Gasteiger partial charge is 0.462 e. The maximum Gasteiger partial charge on any atom is 0.306 e. The van der Waals surface area contributed by atoms with Gasteiger partial charge < -0.3 is 9.47 Å². The van der Waals surface area contributed by atoms with Crippen molar-refractivity contribution in [1.29, 1.82) is 0 Å². The van der Waals surface area contributed by atoms with Crippen LogP contribution in [0.2, 0.25) is 0 Å². The summed E-state index contributed by atoms with van der Waals surface area (Å²) < 4.78 is 32.8. The van der Waals surface area contributed by atoms with Crippen molar-refractivity contribution in [2.45, 2.75) is 36.7 Å². The molecule has 0 spiro atoms. The van der Waals surface area contributed by atoms with Gasteiger partial charge in [0.05, 0.1) is 18.1 Å². The van der Waals surface area contributed by atoms with E-state index in [1.54, 1.807) is 12.1 Å². The summed E-state index contributed by atoms with van der Waals surface area (Å²) in [5.74, 6) is -0.240. The Morgan fingerprint density at radius 1 is 1.24 bits per heavy atom.